The Balaban J connectivity index is 1.82. The van der Waals surface area contributed by atoms with Crippen LogP contribution < -0.4 is 11.1 Å². The lowest BCUT2D eigenvalue weighted by Crippen LogP contribution is -2.17. The number of nitrogens with two attached hydrogens (primary N) is 1. The predicted octanol–water partition coefficient (Wildman–Crippen LogP) is 3.44. The molecule has 3 heterocycles. The Kier molecular flexibility index (Phi) is 3.95. The zero-order valence-corrected chi connectivity index (χ0v) is 14.8. The average molecular weight is 378 g/mol. The zero-order valence-electron chi connectivity index (χ0n) is 13.1. The van der Waals surface area contributed by atoms with Gasteiger partial charge in [0.05, 0.1) is 10.5 Å². The second kappa shape index (κ2) is 6.29. The number of thioether (sulfide) groups is 1. The fraction of sp³-hybridized carbons (Fsp3) is 0. The van der Waals surface area contributed by atoms with Crippen molar-refractivity contribution in [3.63, 3.8) is 0 Å². The fourth-order valence-electron chi connectivity index (χ4n) is 2.63. The largest absolute Gasteiger partial charge is 0.456 e. The van der Waals surface area contributed by atoms with Gasteiger partial charge >= 0.3 is 0 Å². The van der Waals surface area contributed by atoms with E-state index in [-0.39, 0.29) is 5.91 Å². The van der Waals surface area contributed by atoms with Gasteiger partial charge in [-0.3, -0.25) is 9.78 Å². The minimum absolute atomic E-state index is 0.240. The van der Waals surface area contributed by atoms with E-state index in [0.717, 1.165) is 16.5 Å². The van der Waals surface area contributed by atoms with Gasteiger partial charge in [0.1, 0.15) is 21.7 Å². The first-order valence-electron chi connectivity index (χ1n) is 7.47. The van der Waals surface area contributed by atoms with E-state index in [1.165, 1.54) is 11.8 Å². The van der Waals surface area contributed by atoms with Crippen LogP contribution in [0.2, 0.25) is 0 Å². The molecule has 0 unspecified atom stereocenters. The summed E-state index contributed by atoms with van der Waals surface area (Å²) >= 11 is 6.18. The maximum Gasteiger partial charge on any atom is 0.263 e. The first kappa shape index (κ1) is 16.3. The van der Waals surface area contributed by atoms with Crippen molar-refractivity contribution < 1.29 is 9.21 Å². The normalized spacial score (nSPS) is 15.4. The summed E-state index contributed by atoms with van der Waals surface area (Å²) in [6.07, 6.45) is 4.99. The minimum atomic E-state index is -0.240. The standard InChI is InChI=1S/C18H10N4O2S2/c19-6-10-3-9(1-2-14(10)20)13-8-21-7-11-4-12(24-16(11)13)5-15-17(23)22-18(25)26-15/h1-5,7-8H,20H2,(H,22,23,25)/b15-5+. The highest BCUT2D eigenvalue weighted by Gasteiger charge is 2.23. The number of benzene rings is 1. The van der Waals surface area contributed by atoms with Crippen LogP contribution in [-0.4, -0.2) is 15.2 Å². The molecular formula is C18H10N4O2S2. The number of carbonyl (C=O) groups excluding carboxylic acids is 1. The number of nitrogens with zero attached hydrogens (tertiary/aromatic N) is 2. The highest BCUT2D eigenvalue weighted by molar-refractivity contribution is 8.26. The molecule has 1 aliphatic rings. The van der Waals surface area contributed by atoms with Crippen LogP contribution in [0.1, 0.15) is 11.3 Å². The van der Waals surface area contributed by atoms with E-state index in [4.69, 9.17) is 22.4 Å². The van der Waals surface area contributed by atoms with Gasteiger partial charge in [-0.1, -0.05) is 30.0 Å². The molecule has 3 aromatic rings. The van der Waals surface area contributed by atoms with Crippen molar-refractivity contribution in [2.75, 3.05) is 5.73 Å². The number of fused-ring (bicyclic) bond motifs is 1. The third kappa shape index (κ3) is 2.83. The van der Waals surface area contributed by atoms with E-state index < -0.39 is 0 Å². The van der Waals surface area contributed by atoms with Crippen LogP contribution >= 0.6 is 24.0 Å². The number of aromatic nitrogens is 1. The molecule has 1 saturated heterocycles. The van der Waals surface area contributed by atoms with Gasteiger partial charge in [0.25, 0.3) is 5.91 Å². The molecule has 26 heavy (non-hydrogen) atoms. The number of furan rings is 1. The van der Waals surface area contributed by atoms with E-state index in [2.05, 4.69) is 16.4 Å². The van der Waals surface area contributed by atoms with Crippen LogP contribution in [0.15, 0.2) is 46.0 Å². The molecule has 6 nitrogen and oxygen atoms in total. The van der Waals surface area contributed by atoms with Crippen molar-refractivity contribution in [2.45, 2.75) is 0 Å². The predicted molar refractivity (Wildman–Crippen MR) is 105 cm³/mol. The number of amides is 1. The molecule has 1 aromatic carbocycles. The fourth-order valence-corrected chi connectivity index (χ4v) is 3.65. The summed E-state index contributed by atoms with van der Waals surface area (Å²) in [5.41, 5.74) is 8.73. The van der Waals surface area contributed by atoms with Gasteiger partial charge in [0, 0.05) is 35.1 Å². The molecule has 126 valence electrons. The van der Waals surface area contributed by atoms with Crippen LogP contribution in [0, 0.1) is 11.3 Å². The highest BCUT2D eigenvalue weighted by atomic mass is 32.2. The molecule has 1 aliphatic heterocycles. The summed E-state index contributed by atoms with van der Waals surface area (Å²) in [6.45, 7) is 0. The molecule has 1 amide bonds. The molecule has 3 N–H and O–H groups in total. The highest BCUT2D eigenvalue weighted by Crippen LogP contribution is 2.33. The first-order chi connectivity index (χ1) is 12.5. The Bertz CT molecular complexity index is 1160. The maximum absolute atomic E-state index is 11.8. The van der Waals surface area contributed by atoms with E-state index in [1.807, 2.05) is 6.07 Å². The lowest BCUT2D eigenvalue weighted by molar-refractivity contribution is -0.115. The molecule has 8 heteroatoms. The molecule has 0 radical (unpaired) electrons. The summed E-state index contributed by atoms with van der Waals surface area (Å²) in [7, 11) is 0. The van der Waals surface area contributed by atoms with Gasteiger partial charge in [0.15, 0.2) is 0 Å². The van der Waals surface area contributed by atoms with E-state index >= 15 is 0 Å². The lowest BCUT2D eigenvalue weighted by atomic mass is 10.0. The number of thiocarbonyl (C=S) groups is 1. The minimum Gasteiger partial charge on any atom is -0.456 e. The van der Waals surface area contributed by atoms with E-state index in [0.29, 0.717) is 31.8 Å². The number of nitrogens with one attached hydrogen (secondary N) is 1. The van der Waals surface area contributed by atoms with Gasteiger partial charge < -0.3 is 15.5 Å². The number of hydrogen-bond acceptors (Lipinski definition) is 7. The Hall–Kier alpha value is -3.15. The van der Waals surface area contributed by atoms with Crippen molar-refractivity contribution in [1.29, 1.82) is 5.26 Å². The van der Waals surface area contributed by atoms with Gasteiger partial charge in [-0.2, -0.15) is 5.26 Å². The molecule has 0 spiro atoms. The summed E-state index contributed by atoms with van der Waals surface area (Å²) in [4.78, 5) is 16.5. The summed E-state index contributed by atoms with van der Waals surface area (Å²) in [5.74, 6) is 0.281. The molecule has 0 bridgehead atoms. The van der Waals surface area contributed by atoms with Crippen LogP contribution in [0.4, 0.5) is 5.69 Å². The molecule has 1 fully saturated rings. The van der Waals surface area contributed by atoms with Gasteiger partial charge in [-0.05, 0) is 23.8 Å². The van der Waals surface area contributed by atoms with Crippen LogP contribution in [0.3, 0.4) is 0 Å². The molecule has 0 atom stereocenters. The number of nitrogen functional groups attached to an aromatic ring is 1. The van der Waals surface area contributed by atoms with Crippen molar-refractivity contribution >= 4 is 56.9 Å². The second-order valence-electron chi connectivity index (χ2n) is 5.52. The number of anilines is 1. The monoisotopic (exact) mass is 378 g/mol. The van der Waals surface area contributed by atoms with Gasteiger partial charge in [-0.25, -0.2) is 0 Å². The van der Waals surface area contributed by atoms with Crippen LogP contribution in [0.5, 0.6) is 0 Å². The Morgan fingerprint density at radius 1 is 1.35 bits per heavy atom. The SMILES string of the molecule is N#Cc1cc(-c2cncc3cc(/C=C4/SC(=S)NC4=O)oc23)ccc1N. The number of nitriles is 1. The van der Waals surface area contributed by atoms with Gasteiger partial charge in [0.2, 0.25) is 0 Å². The molecule has 4 rings (SSSR count). The smallest absolute Gasteiger partial charge is 0.263 e. The Labute approximate surface area is 157 Å². The van der Waals surface area contributed by atoms with Crippen molar-refractivity contribution in [3.05, 3.63) is 52.9 Å². The molecule has 0 saturated carbocycles. The summed E-state index contributed by atoms with van der Waals surface area (Å²) in [5, 5.41) is 12.5. The van der Waals surface area contributed by atoms with Crippen molar-refractivity contribution in [1.82, 2.24) is 10.3 Å². The molecular weight excluding hydrogens is 368 g/mol. The first-order valence-corrected chi connectivity index (χ1v) is 8.70. The number of hydrogen-bond donors (Lipinski definition) is 2. The van der Waals surface area contributed by atoms with Gasteiger partial charge in [-0.15, -0.1) is 0 Å². The zero-order chi connectivity index (χ0) is 18.3. The number of carbonyl (C=O) groups is 1. The summed E-state index contributed by atoms with van der Waals surface area (Å²) in [6, 6.07) is 9.06. The van der Waals surface area contributed by atoms with E-state index in [9.17, 15) is 10.1 Å². The topological polar surface area (TPSA) is 105 Å². The number of pyridine rings is 1. The van der Waals surface area contributed by atoms with Crippen LogP contribution in [-0.2, 0) is 4.79 Å². The van der Waals surface area contributed by atoms with Crippen LogP contribution in [0.25, 0.3) is 28.2 Å². The third-order valence-electron chi connectivity index (χ3n) is 3.84. The third-order valence-corrected chi connectivity index (χ3v) is 5.00. The van der Waals surface area contributed by atoms with Crippen molar-refractivity contribution in [2.24, 2.45) is 0 Å². The average Bonchev–Trinajstić information content (AvgIpc) is 3.17. The maximum atomic E-state index is 11.8. The second-order valence-corrected chi connectivity index (χ2v) is 7.24. The van der Waals surface area contributed by atoms with Crippen molar-refractivity contribution in [3.8, 4) is 17.2 Å². The Morgan fingerprint density at radius 3 is 2.92 bits per heavy atom. The molecule has 2 aromatic heterocycles. The van der Waals surface area contributed by atoms with E-state index in [1.54, 1.807) is 36.7 Å². The number of rotatable bonds is 2. The lowest BCUT2D eigenvalue weighted by Gasteiger charge is -2.04. The molecule has 0 aliphatic carbocycles. The quantitative estimate of drug-likeness (QED) is 0.400. The Morgan fingerprint density at radius 2 is 2.19 bits per heavy atom. The summed E-state index contributed by atoms with van der Waals surface area (Å²) < 4.78 is 6.36.